The van der Waals surface area contributed by atoms with Crippen LogP contribution in [0, 0.1) is 0 Å². The molecule has 0 aliphatic heterocycles. The number of carboxylic acids is 1. The number of nitrogens with one attached hydrogen (secondary N) is 2. The molecule has 0 heterocycles. The highest BCUT2D eigenvalue weighted by atomic mass is 35.5. The molecule has 9 heteroatoms. The summed E-state index contributed by atoms with van der Waals surface area (Å²) in [5.74, 6) is -0.907. The second-order valence-corrected chi connectivity index (χ2v) is 8.76. The Kier molecular flexibility index (Phi) is 7.94. The van der Waals surface area contributed by atoms with Gasteiger partial charge in [-0.25, -0.2) is 13.1 Å². The van der Waals surface area contributed by atoms with Gasteiger partial charge in [-0.05, 0) is 48.4 Å². The van der Waals surface area contributed by atoms with Gasteiger partial charge in [0.2, 0.25) is 10.0 Å². The number of halogens is 1. The monoisotopic (exact) mass is 440 g/mol. The Morgan fingerprint density at radius 2 is 1.75 bits per heavy atom. The molecule has 0 spiro atoms. The molecule has 0 aliphatic carbocycles. The highest BCUT2D eigenvalue weighted by molar-refractivity contribution is 7.89. The first-order valence-electron chi connectivity index (χ1n) is 8.60. The summed E-state index contributed by atoms with van der Waals surface area (Å²) in [6.07, 6.45) is 1.19. The first-order valence-corrected chi connectivity index (χ1v) is 10.9. The molecule has 2 aromatic carbocycles. The van der Waals surface area contributed by atoms with Crippen LogP contribution in [0.1, 0.15) is 25.3 Å². The molecule has 0 bridgehead atoms. The summed E-state index contributed by atoms with van der Waals surface area (Å²) < 4.78 is 27.9. The zero-order chi connectivity index (χ0) is 20.7. The van der Waals surface area contributed by atoms with E-state index in [0.29, 0.717) is 27.7 Å². The Morgan fingerprint density at radius 1 is 1.14 bits per heavy atom. The van der Waals surface area contributed by atoms with Gasteiger partial charge < -0.3 is 10.4 Å². The highest BCUT2D eigenvalue weighted by Crippen LogP contribution is 2.17. The Bertz CT molecular complexity index is 929. The van der Waals surface area contributed by atoms with E-state index in [1.54, 1.807) is 24.3 Å². The standard InChI is InChI=1S/C19H21ClN2O4S2/c1-2-3-17(22-28(25,26)16-10-6-14(20)7-11-16)19(27)21-15-8-4-13(5-9-15)12-18(23)24/h4-11,17,22H,2-3,12H2,1H3,(H,21,27)(H,23,24)/t17-/m1/s1. The normalized spacial score (nSPS) is 12.4. The molecule has 3 N–H and O–H groups in total. The number of thiocarbonyl (C=S) groups is 1. The predicted molar refractivity (Wildman–Crippen MR) is 114 cm³/mol. The minimum atomic E-state index is -3.76. The molecule has 2 rings (SSSR count). The molecule has 0 saturated heterocycles. The van der Waals surface area contributed by atoms with Crippen molar-refractivity contribution in [3.63, 3.8) is 0 Å². The smallest absolute Gasteiger partial charge is 0.307 e. The lowest BCUT2D eigenvalue weighted by Crippen LogP contribution is -2.42. The van der Waals surface area contributed by atoms with Crippen LogP contribution in [0.2, 0.25) is 5.02 Å². The third-order valence-corrected chi connectivity index (χ3v) is 6.02. The van der Waals surface area contributed by atoms with Gasteiger partial charge in [-0.2, -0.15) is 0 Å². The van der Waals surface area contributed by atoms with Crippen LogP contribution in [-0.2, 0) is 21.2 Å². The van der Waals surface area contributed by atoms with Crippen molar-refractivity contribution in [2.75, 3.05) is 5.32 Å². The van der Waals surface area contributed by atoms with Gasteiger partial charge in [-0.1, -0.05) is 49.3 Å². The van der Waals surface area contributed by atoms with E-state index in [4.69, 9.17) is 28.9 Å². The van der Waals surface area contributed by atoms with Crippen molar-refractivity contribution in [2.24, 2.45) is 0 Å². The number of hydrogen-bond donors (Lipinski definition) is 3. The lowest BCUT2D eigenvalue weighted by molar-refractivity contribution is -0.136. The SMILES string of the molecule is CCC[C@@H](NS(=O)(=O)c1ccc(Cl)cc1)C(=S)Nc1ccc(CC(=O)O)cc1. The number of anilines is 1. The fraction of sp³-hybridized carbons (Fsp3) is 0.263. The van der Waals surface area contributed by atoms with E-state index in [1.807, 2.05) is 6.92 Å². The largest absolute Gasteiger partial charge is 0.481 e. The van der Waals surface area contributed by atoms with Gasteiger partial charge in [0.1, 0.15) is 0 Å². The molecule has 0 amide bonds. The maximum Gasteiger partial charge on any atom is 0.307 e. The van der Waals surface area contributed by atoms with Gasteiger partial charge in [0, 0.05) is 10.7 Å². The Labute approximate surface area is 175 Å². The van der Waals surface area contributed by atoms with Crippen LogP contribution >= 0.6 is 23.8 Å². The first-order chi connectivity index (χ1) is 13.2. The zero-order valence-corrected chi connectivity index (χ0v) is 17.6. The number of rotatable bonds is 9. The summed E-state index contributed by atoms with van der Waals surface area (Å²) in [5, 5.41) is 12.3. The van der Waals surface area contributed by atoms with Crippen LogP contribution in [0.3, 0.4) is 0 Å². The lowest BCUT2D eigenvalue weighted by atomic mass is 10.1. The molecule has 2 aromatic rings. The van der Waals surface area contributed by atoms with Crippen LogP contribution < -0.4 is 10.0 Å². The molecule has 0 saturated carbocycles. The average Bonchev–Trinajstić information content (AvgIpc) is 2.63. The first kappa shape index (κ1) is 22.3. The third-order valence-electron chi connectivity index (χ3n) is 3.89. The van der Waals surface area contributed by atoms with E-state index in [1.165, 1.54) is 24.3 Å². The van der Waals surface area contributed by atoms with Crippen LogP contribution in [0.25, 0.3) is 0 Å². The van der Waals surface area contributed by atoms with Gasteiger partial charge in [0.25, 0.3) is 0 Å². The Morgan fingerprint density at radius 3 is 2.29 bits per heavy atom. The number of carbonyl (C=O) groups is 1. The summed E-state index contributed by atoms with van der Waals surface area (Å²) in [7, 11) is -3.76. The third kappa shape index (κ3) is 6.56. The summed E-state index contributed by atoms with van der Waals surface area (Å²) in [4.78, 5) is 11.2. The van der Waals surface area contributed by atoms with Gasteiger partial charge in [0.05, 0.1) is 22.3 Å². The molecule has 0 fully saturated rings. The van der Waals surface area contributed by atoms with E-state index in [0.717, 1.165) is 6.42 Å². The van der Waals surface area contributed by atoms with E-state index in [2.05, 4.69) is 10.0 Å². The maximum atomic E-state index is 12.6. The molecule has 150 valence electrons. The average molecular weight is 441 g/mol. The van der Waals surface area contributed by atoms with Crippen molar-refractivity contribution < 1.29 is 18.3 Å². The summed E-state index contributed by atoms with van der Waals surface area (Å²) in [6, 6.07) is 12.1. The van der Waals surface area contributed by atoms with E-state index in [-0.39, 0.29) is 11.3 Å². The number of sulfonamides is 1. The van der Waals surface area contributed by atoms with Crippen LogP contribution in [-0.4, -0.2) is 30.5 Å². The van der Waals surface area contributed by atoms with Gasteiger partial charge in [-0.15, -0.1) is 0 Å². The minimum Gasteiger partial charge on any atom is -0.481 e. The zero-order valence-electron chi connectivity index (χ0n) is 15.2. The fourth-order valence-electron chi connectivity index (χ4n) is 2.51. The summed E-state index contributed by atoms with van der Waals surface area (Å²) in [6.45, 7) is 1.94. The van der Waals surface area contributed by atoms with Gasteiger partial charge in [0.15, 0.2) is 0 Å². The fourth-order valence-corrected chi connectivity index (χ4v) is 4.25. The van der Waals surface area contributed by atoms with Crippen LogP contribution in [0.4, 0.5) is 5.69 Å². The molecular weight excluding hydrogens is 420 g/mol. The number of aliphatic carboxylic acids is 1. The molecule has 0 aliphatic rings. The van der Waals surface area contributed by atoms with E-state index in [9.17, 15) is 13.2 Å². The van der Waals surface area contributed by atoms with Crippen molar-refractivity contribution in [3.05, 3.63) is 59.1 Å². The van der Waals surface area contributed by atoms with Gasteiger partial charge in [-0.3, -0.25) is 4.79 Å². The molecule has 28 heavy (non-hydrogen) atoms. The molecule has 0 radical (unpaired) electrons. The Hall–Kier alpha value is -2.00. The quantitative estimate of drug-likeness (QED) is 0.512. The number of benzene rings is 2. The van der Waals surface area contributed by atoms with Crippen molar-refractivity contribution in [1.29, 1.82) is 0 Å². The summed E-state index contributed by atoms with van der Waals surface area (Å²) in [5.41, 5.74) is 1.32. The number of hydrogen-bond acceptors (Lipinski definition) is 4. The van der Waals surface area contributed by atoms with Crippen molar-refractivity contribution in [1.82, 2.24) is 4.72 Å². The molecule has 1 atom stereocenters. The molecule has 0 aromatic heterocycles. The highest BCUT2D eigenvalue weighted by Gasteiger charge is 2.23. The van der Waals surface area contributed by atoms with Gasteiger partial charge >= 0.3 is 5.97 Å². The number of carboxylic acid groups (broad SMARTS) is 1. The molecular formula is C19H21ClN2O4S2. The predicted octanol–water partition coefficient (Wildman–Crippen LogP) is 3.85. The Balaban J connectivity index is 2.10. The van der Waals surface area contributed by atoms with E-state index < -0.39 is 22.0 Å². The van der Waals surface area contributed by atoms with Crippen molar-refractivity contribution >= 4 is 50.5 Å². The lowest BCUT2D eigenvalue weighted by Gasteiger charge is -2.20. The summed E-state index contributed by atoms with van der Waals surface area (Å²) >= 11 is 11.2. The topological polar surface area (TPSA) is 95.5 Å². The molecule has 6 nitrogen and oxygen atoms in total. The van der Waals surface area contributed by atoms with Crippen molar-refractivity contribution in [2.45, 2.75) is 37.1 Å². The second kappa shape index (κ2) is 9.97. The van der Waals surface area contributed by atoms with Crippen LogP contribution in [0.15, 0.2) is 53.4 Å². The van der Waals surface area contributed by atoms with E-state index >= 15 is 0 Å². The van der Waals surface area contributed by atoms with Crippen molar-refractivity contribution in [3.8, 4) is 0 Å². The minimum absolute atomic E-state index is 0.0654. The maximum absolute atomic E-state index is 12.6. The molecule has 0 unspecified atom stereocenters. The second-order valence-electron chi connectivity index (χ2n) is 6.17. The van der Waals surface area contributed by atoms with Crippen LogP contribution in [0.5, 0.6) is 0 Å².